The lowest BCUT2D eigenvalue weighted by atomic mass is 10.1. The van der Waals surface area contributed by atoms with Gasteiger partial charge in [-0.15, -0.1) is 0 Å². The maximum atomic E-state index is 12.9. The minimum atomic E-state index is -3.74. The Hall–Kier alpha value is -2.17. The molecule has 0 aliphatic carbocycles. The second-order valence-electron chi connectivity index (χ2n) is 7.28. The maximum Gasteiger partial charge on any atom is 0.341 e. The van der Waals surface area contributed by atoms with Crippen molar-refractivity contribution < 1.29 is 27.5 Å². The van der Waals surface area contributed by atoms with Crippen molar-refractivity contribution in [1.29, 1.82) is 0 Å². The summed E-state index contributed by atoms with van der Waals surface area (Å²) in [4.78, 5) is 26.9. The van der Waals surface area contributed by atoms with Crippen molar-refractivity contribution in [3.05, 3.63) is 23.8 Å². The summed E-state index contributed by atoms with van der Waals surface area (Å²) in [5, 5.41) is 2.68. The number of anilines is 1. The van der Waals surface area contributed by atoms with Crippen LogP contribution in [0.1, 0.15) is 31.1 Å². The first-order valence-electron chi connectivity index (χ1n) is 9.44. The number of amides is 1. The SMILES string of the molecule is CC(C)NC(=O)[C@@H](C)OC(=O)c1cc(S(=O)(=O)N(C)C)ccc1N1CCOCC1. The van der Waals surface area contributed by atoms with E-state index in [1.807, 2.05) is 4.90 Å². The molecule has 1 fully saturated rings. The number of nitrogens with zero attached hydrogens (tertiary/aromatic N) is 2. The van der Waals surface area contributed by atoms with Crippen molar-refractivity contribution in [2.75, 3.05) is 45.3 Å². The van der Waals surface area contributed by atoms with E-state index in [2.05, 4.69) is 5.32 Å². The molecule has 0 bridgehead atoms. The van der Waals surface area contributed by atoms with Crippen LogP contribution in [0, 0.1) is 0 Å². The van der Waals surface area contributed by atoms with Gasteiger partial charge in [0.1, 0.15) is 0 Å². The number of carbonyl (C=O) groups excluding carboxylic acids is 2. The quantitative estimate of drug-likeness (QED) is 0.643. The first-order chi connectivity index (χ1) is 13.5. The van der Waals surface area contributed by atoms with E-state index in [-0.39, 0.29) is 16.5 Å². The molecule has 1 aromatic carbocycles. The lowest BCUT2D eigenvalue weighted by molar-refractivity contribution is -0.129. The number of rotatable bonds is 7. The molecule has 10 heteroatoms. The van der Waals surface area contributed by atoms with Gasteiger partial charge in [0.15, 0.2) is 6.10 Å². The molecule has 1 saturated heterocycles. The molecule has 1 aromatic rings. The third kappa shape index (κ3) is 5.68. The summed E-state index contributed by atoms with van der Waals surface area (Å²) in [5.41, 5.74) is 0.645. The summed E-state index contributed by atoms with van der Waals surface area (Å²) < 4.78 is 36.8. The summed E-state index contributed by atoms with van der Waals surface area (Å²) in [6.45, 7) is 7.20. The predicted octanol–water partition coefficient (Wildman–Crippen LogP) is 0.843. The van der Waals surface area contributed by atoms with Gasteiger partial charge < -0.3 is 19.7 Å². The number of esters is 1. The zero-order valence-electron chi connectivity index (χ0n) is 17.5. The molecule has 0 spiro atoms. The van der Waals surface area contributed by atoms with E-state index in [9.17, 15) is 18.0 Å². The minimum absolute atomic E-state index is 0.0225. The third-order valence-corrected chi connectivity index (χ3v) is 6.21. The van der Waals surface area contributed by atoms with Crippen LogP contribution in [0.15, 0.2) is 23.1 Å². The van der Waals surface area contributed by atoms with Crippen LogP contribution < -0.4 is 10.2 Å². The molecule has 9 nitrogen and oxygen atoms in total. The fraction of sp³-hybridized carbons (Fsp3) is 0.579. The van der Waals surface area contributed by atoms with Gasteiger partial charge in [0.25, 0.3) is 5.91 Å². The van der Waals surface area contributed by atoms with Crippen LogP contribution in [-0.4, -0.2) is 77.1 Å². The topological polar surface area (TPSA) is 105 Å². The molecule has 1 amide bonds. The van der Waals surface area contributed by atoms with Crippen LogP contribution in [0.4, 0.5) is 5.69 Å². The predicted molar refractivity (Wildman–Crippen MR) is 109 cm³/mol. The Labute approximate surface area is 172 Å². The average Bonchev–Trinajstić information content (AvgIpc) is 2.67. The van der Waals surface area contributed by atoms with E-state index >= 15 is 0 Å². The van der Waals surface area contributed by atoms with Gasteiger partial charge in [0, 0.05) is 33.2 Å². The van der Waals surface area contributed by atoms with Crippen LogP contribution in [0.3, 0.4) is 0 Å². The van der Waals surface area contributed by atoms with Crippen molar-refractivity contribution in [2.24, 2.45) is 0 Å². The van der Waals surface area contributed by atoms with Crippen LogP contribution in [0.5, 0.6) is 0 Å². The second kappa shape index (κ2) is 9.55. The van der Waals surface area contributed by atoms with Gasteiger partial charge in [-0.3, -0.25) is 4.79 Å². The monoisotopic (exact) mass is 427 g/mol. The number of ether oxygens (including phenoxy) is 2. The van der Waals surface area contributed by atoms with Gasteiger partial charge in [-0.05, 0) is 39.0 Å². The summed E-state index contributed by atoms with van der Waals surface area (Å²) in [5.74, 6) is -1.17. The normalized spacial score (nSPS) is 16.0. The first-order valence-corrected chi connectivity index (χ1v) is 10.9. The number of hydrogen-bond donors (Lipinski definition) is 1. The molecular weight excluding hydrogens is 398 g/mol. The Kier molecular flexibility index (Phi) is 7.61. The van der Waals surface area contributed by atoms with Gasteiger partial charge >= 0.3 is 5.97 Å². The average molecular weight is 428 g/mol. The van der Waals surface area contributed by atoms with Gasteiger partial charge in [-0.2, -0.15) is 0 Å². The highest BCUT2D eigenvalue weighted by Crippen LogP contribution is 2.27. The van der Waals surface area contributed by atoms with E-state index in [0.717, 1.165) is 4.31 Å². The highest BCUT2D eigenvalue weighted by atomic mass is 32.2. The smallest absolute Gasteiger partial charge is 0.341 e. The molecule has 0 saturated carbocycles. The van der Waals surface area contributed by atoms with Crippen LogP contribution in [0.2, 0.25) is 0 Å². The van der Waals surface area contributed by atoms with Gasteiger partial charge in [0.2, 0.25) is 10.0 Å². The molecule has 2 rings (SSSR count). The molecule has 1 N–H and O–H groups in total. The van der Waals surface area contributed by atoms with E-state index < -0.39 is 28.0 Å². The lowest BCUT2D eigenvalue weighted by Crippen LogP contribution is -2.40. The van der Waals surface area contributed by atoms with E-state index in [1.165, 1.54) is 33.2 Å². The van der Waals surface area contributed by atoms with Crippen LogP contribution in [0.25, 0.3) is 0 Å². The zero-order valence-corrected chi connectivity index (χ0v) is 18.3. The third-order valence-electron chi connectivity index (χ3n) is 4.40. The second-order valence-corrected chi connectivity index (χ2v) is 9.43. The molecular formula is C19H29N3O6S. The van der Waals surface area contributed by atoms with E-state index in [1.54, 1.807) is 19.9 Å². The highest BCUT2D eigenvalue weighted by Gasteiger charge is 2.27. The van der Waals surface area contributed by atoms with Gasteiger partial charge in [-0.1, -0.05) is 0 Å². The number of hydrogen-bond acceptors (Lipinski definition) is 7. The summed E-state index contributed by atoms with van der Waals surface area (Å²) in [6.07, 6.45) is -1.02. The highest BCUT2D eigenvalue weighted by molar-refractivity contribution is 7.89. The van der Waals surface area contributed by atoms with E-state index in [4.69, 9.17) is 9.47 Å². The minimum Gasteiger partial charge on any atom is -0.449 e. The van der Waals surface area contributed by atoms with E-state index in [0.29, 0.717) is 32.0 Å². The summed E-state index contributed by atoms with van der Waals surface area (Å²) >= 11 is 0. The molecule has 1 aliphatic rings. The Morgan fingerprint density at radius 1 is 1.17 bits per heavy atom. The maximum absolute atomic E-state index is 12.9. The molecule has 0 radical (unpaired) electrons. The van der Waals surface area contributed by atoms with Crippen molar-refractivity contribution in [2.45, 2.75) is 37.8 Å². The molecule has 0 aromatic heterocycles. The van der Waals surface area contributed by atoms with Crippen molar-refractivity contribution in [3.8, 4) is 0 Å². The Morgan fingerprint density at radius 3 is 2.34 bits per heavy atom. The fourth-order valence-electron chi connectivity index (χ4n) is 2.81. The van der Waals surface area contributed by atoms with Crippen LogP contribution in [-0.2, 0) is 24.3 Å². The Morgan fingerprint density at radius 2 is 1.79 bits per heavy atom. The molecule has 1 heterocycles. The summed E-state index contributed by atoms with van der Waals surface area (Å²) in [7, 11) is -0.902. The Balaban J connectivity index is 2.39. The molecule has 0 unspecified atom stereocenters. The Bertz CT molecular complexity index is 848. The molecule has 162 valence electrons. The van der Waals surface area contributed by atoms with Crippen LogP contribution >= 0.6 is 0 Å². The number of benzene rings is 1. The lowest BCUT2D eigenvalue weighted by Gasteiger charge is -2.30. The number of nitrogens with one attached hydrogen (secondary N) is 1. The molecule has 1 aliphatic heterocycles. The number of morpholine rings is 1. The van der Waals surface area contributed by atoms with Gasteiger partial charge in [-0.25, -0.2) is 17.5 Å². The molecule has 29 heavy (non-hydrogen) atoms. The van der Waals surface area contributed by atoms with Gasteiger partial charge in [0.05, 0.1) is 29.4 Å². The summed E-state index contributed by atoms with van der Waals surface area (Å²) in [6, 6.07) is 4.26. The zero-order chi connectivity index (χ0) is 21.8. The van der Waals surface area contributed by atoms with Crippen molar-refractivity contribution in [1.82, 2.24) is 9.62 Å². The number of carbonyl (C=O) groups is 2. The number of sulfonamides is 1. The first kappa shape index (κ1) is 23.1. The van der Waals surface area contributed by atoms with Crippen molar-refractivity contribution in [3.63, 3.8) is 0 Å². The van der Waals surface area contributed by atoms with Crippen molar-refractivity contribution >= 4 is 27.6 Å². The standard InChI is InChI=1S/C19H29N3O6S/c1-13(2)20-18(23)14(3)28-19(24)16-12-15(29(25,26)21(4)5)6-7-17(16)22-8-10-27-11-9-22/h6-7,12-14H,8-11H2,1-5H3,(H,20,23)/t14-/m1/s1. The fourth-order valence-corrected chi connectivity index (χ4v) is 3.74. The largest absolute Gasteiger partial charge is 0.449 e. The molecule has 1 atom stereocenters.